The van der Waals surface area contributed by atoms with Gasteiger partial charge in [-0.15, -0.1) is 0 Å². The summed E-state index contributed by atoms with van der Waals surface area (Å²) in [4.78, 5) is 23.8. The Labute approximate surface area is 239 Å². The van der Waals surface area contributed by atoms with Crippen molar-refractivity contribution < 1.29 is 14.3 Å². The standard InChI is InChI=1S/C30H32N6O3S/c1-18-9-8-14-32-29(18)35-19(2)15-22(20(35)3)28-27(23-10-6-7-13-31-23)34-30(40)36(28)21-11-12-25(39-5)24(16-21)33-26(37)17-38-4/h6-16,27-28H,17H2,1-5H3,(H,33,37)(H,34,40). The van der Waals surface area contributed by atoms with Gasteiger partial charge in [-0.2, -0.15) is 0 Å². The van der Waals surface area contributed by atoms with E-state index in [9.17, 15) is 4.79 Å². The monoisotopic (exact) mass is 556 g/mol. The summed E-state index contributed by atoms with van der Waals surface area (Å²) in [5, 5.41) is 6.96. The smallest absolute Gasteiger partial charge is 0.250 e. The first-order valence-electron chi connectivity index (χ1n) is 12.9. The van der Waals surface area contributed by atoms with E-state index in [0.29, 0.717) is 16.5 Å². The van der Waals surface area contributed by atoms with Crippen LogP contribution in [0.25, 0.3) is 5.82 Å². The zero-order chi connectivity index (χ0) is 28.4. The Bertz CT molecular complexity index is 1550. The Balaban J connectivity index is 1.66. The van der Waals surface area contributed by atoms with Gasteiger partial charge >= 0.3 is 0 Å². The van der Waals surface area contributed by atoms with Crippen LogP contribution in [-0.4, -0.2) is 46.4 Å². The van der Waals surface area contributed by atoms with Crippen molar-refractivity contribution in [1.82, 2.24) is 19.9 Å². The van der Waals surface area contributed by atoms with E-state index in [1.54, 1.807) is 13.3 Å². The molecule has 1 saturated heterocycles. The molecule has 10 heteroatoms. The highest BCUT2D eigenvalue weighted by Crippen LogP contribution is 2.45. The van der Waals surface area contributed by atoms with Gasteiger partial charge in [0.2, 0.25) is 5.91 Å². The second-order valence-electron chi connectivity index (χ2n) is 9.67. The van der Waals surface area contributed by atoms with Crippen LogP contribution >= 0.6 is 12.2 Å². The van der Waals surface area contributed by atoms with Crippen LogP contribution in [0.1, 0.15) is 40.3 Å². The summed E-state index contributed by atoms with van der Waals surface area (Å²) in [5.74, 6) is 1.15. The molecule has 40 heavy (non-hydrogen) atoms. The lowest BCUT2D eigenvalue weighted by Gasteiger charge is -2.29. The van der Waals surface area contributed by atoms with E-state index in [-0.39, 0.29) is 24.6 Å². The molecule has 3 aromatic heterocycles. The predicted molar refractivity (Wildman–Crippen MR) is 159 cm³/mol. The van der Waals surface area contributed by atoms with E-state index in [0.717, 1.165) is 39.7 Å². The van der Waals surface area contributed by atoms with E-state index in [1.807, 2.05) is 48.7 Å². The molecule has 1 amide bonds. The number of methoxy groups -OCH3 is 2. The molecule has 0 bridgehead atoms. The number of amides is 1. The van der Waals surface area contributed by atoms with Crippen molar-refractivity contribution in [3.8, 4) is 11.6 Å². The number of benzene rings is 1. The molecular weight excluding hydrogens is 524 g/mol. The number of ether oxygens (including phenoxy) is 2. The SMILES string of the molecule is COCC(=O)Nc1cc(N2C(=S)NC(c3ccccn3)C2c2cc(C)n(-c3ncccc3C)c2C)ccc1OC. The number of hydrogen-bond acceptors (Lipinski definition) is 6. The summed E-state index contributed by atoms with van der Waals surface area (Å²) >= 11 is 5.94. The minimum atomic E-state index is -0.280. The highest BCUT2D eigenvalue weighted by Gasteiger charge is 2.42. The summed E-state index contributed by atoms with van der Waals surface area (Å²) in [6, 6.07) is 17.3. The Kier molecular flexibility index (Phi) is 7.81. The topological polar surface area (TPSA) is 93.5 Å². The van der Waals surface area contributed by atoms with Gasteiger partial charge < -0.3 is 29.6 Å². The van der Waals surface area contributed by atoms with Crippen LogP contribution in [0.15, 0.2) is 67.0 Å². The Morgan fingerprint density at radius 2 is 1.85 bits per heavy atom. The number of carbonyl (C=O) groups excluding carboxylic acids is 1. The fourth-order valence-corrected chi connectivity index (χ4v) is 5.68. The van der Waals surface area contributed by atoms with Gasteiger partial charge in [-0.3, -0.25) is 9.78 Å². The number of thiocarbonyl (C=S) groups is 1. The van der Waals surface area contributed by atoms with E-state index < -0.39 is 0 Å². The molecule has 1 aliphatic heterocycles. The number of pyridine rings is 2. The summed E-state index contributed by atoms with van der Waals surface area (Å²) < 4.78 is 12.7. The number of aromatic nitrogens is 3. The number of rotatable bonds is 8. The fourth-order valence-electron chi connectivity index (χ4n) is 5.33. The summed E-state index contributed by atoms with van der Waals surface area (Å²) in [6.45, 7) is 6.19. The van der Waals surface area contributed by atoms with Gasteiger partial charge in [0.05, 0.1) is 30.6 Å². The molecule has 5 rings (SSSR count). The normalized spacial score (nSPS) is 16.6. The van der Waals surface area contributed by atoms with E-state index in [4.69, 9.17) is 21.7 Å². The van der Waals surface area contributed by atoms with Crippen LogP contribution in [-0.2, 0) is 9.53 Å². The van der Waals surface area contributed by atoms with Crippen molar-refractivity contribution in [1.29, 1.82) is 0 Å². The molecule has 2 unspecified atom stereocenters. The quantitative estimate of drug-likeness (QED) is 0.294. The predicted octanol–water partition coefficient (Wildman–Crippen LogP) is 4.96. The van der Waals surface area contributed by atoms with Gasteiger partial charge in [0.1, 0.15) is 18.2 Å². The molecule has 9 nitrogen and oxygen atoms in total. The average Bonchev–Trinajstić information content (AvgIpc) is 3.44. The van der Waals surface area contributed by atoms with Crippen LogP contribution in [0, 0.1) is 20.8 Å². The van der Waals surface area contributed by atoms with Crippen molar-refractivity contribution in [2.45, 2.75) is 32.9 Å². The first-order valence-corrected chi connectivity index (χ1v) is 13.3. The van der Waals surface area contributed by atoms with Crippen molar-refractivity contribution in [2.24, 2.45) is 0 Å². The van der Waals surface area contributed by atoms with Gasteiger partial charge in [0.25, 0.3) is 0 Å². The van der Waals surface area contributed by atoms with Crippen LogP contribution in [0.5, 0.6) is 5.75 Å². The summed E-state index contributed by atoms with van der Waals surface area (Å²) in [5.41, 5.74) is 6.50. The molecular formula is C30H32N6O3S. The summed E-state index contributed by atoms with van der Waals surface area (Å²) in [6.07, 6.45) is 3.60. The first-order chi connectivity index (χ1) is 19.3. The number of anilines is 2. The van der Waals surface area contributed by atoms with Gasteiger partial charge in [-0.1, -0.05) is 12.1 Å². The first kappa shape index (κ1) is 27.3. The molecule has 4 aromatic rings. The molecule has 0 saturated carbocycles. The van der Waals surface area contributed by atoms with E-state index in [1.165, 1.54) is 7.11 Å². The zero-order valence-corrected chi connectivity index (χ0v) is 24.0. The van der Waals surface area contributed by atoms with Crippen molar-refractivity contribution in [3.05, 3.63) is 95.2 Å². The van der Waals surface area contributed by atoms with Crippen molar-refractivity contribution in [2.75, 3.05) is 31.0 Å². The maximum absolute atomic E-state index is 12.4. The second kappa shape index (κ2) is 11.4. The van der Waals surface area contributed by atoms with Gasteiger partial charge in [0.15, 0.2) is 5.11 Å². The van der Waals surface area contributed by atoms with E-state index in [2.05, 4.69) is 63.0 Å². The lowest BCUT2D eigenvalue weighted by Crippen LogP contribution is -2.29. The van der Waals surface area contributed by atoms with Crippen LogP contribution in [0.3, 0.4) is 0 Å². The number of nitrogens with zero attached hydrogens (tertiary/aromatic N) is 4. The third-order valence-corrected chi connectivity index (χ3v) is 7.41. The average molecular weight is 557 g/mol. The van der Waals surface area contributed by atoms with Crippen LogP contribution in [0.4, 0.5) is 11.4 Å². The second-order valence-corrected chi connectivity index (χ2v) is 10.1. The van der Waals surface area contributed by atoms with Gasteiger partial charge in [0, 0.05) is 36.6 Å². The van der Waals surface area contributed by atoms with E-state index >= 15 is 0 Å². The third kappa shape index (κ3) is 5.03. The highest BCUT2D eigenvalue weighted by atomic mass is 32.1. The number of aryl methyl sites for hydroxylation is 2. The molecule has 4 heterocycles. The molecule has 2 atom stereocenters. The molecule has 1 aliphatic rings. The molecule has 1 aromatic carbocycles. The maximum Gasteiger partial charge on any atom is 0.250 e. The lowest BCUT2D eigenvalue weighted by atomic mass is 9.96. The number of hydrogen-bond donors (Lipinski definition) is 2. The van der Waals surface area contributed by atoms with Crippen molar-refractivity contribution >= 4 is 34.6 Å². The van der Waals surface area contributed by atoms with Crippen LogP contribution in [0.2, 0.25) is 0 Å². The Hall–Kier alpha value is -4.28. The fraction of sp³-hybridized carbons (Fsp3) is 0.267. The minimum Gasteiger partial charge on any atom is -0.495 e. The maximum atomic E-state index is 12.4. The minimum absolute atomic E-state index is 0.0691. The molecule has 0 aliphatic carbocycles. The molecule has 2 N–H and O–H groups in total. The Morgan fingerprint density at radius 3 is 2.55 bits per heavy atom. The number of carbonyl (C=O) groups is 1. The Morgan fingerprint density at radius 1 is 1.05 bits per heavy atom. The molecule has 1 fully saturated rings. The third-order valence-electron chi connectivity index (χ3n) is 7.09. The van der Waals surface area contributed by atoms with Gasteiger partial charge in [-0.25, -0.2) is 4.98 Å². The molecule has 0 spiro atoms. The highest BCUT2D eigenvalue weighted by molar-refractivity contribution is 7.80. The molecule has 0 radical (unpaired) electrons. The molecule has 206 valence electrons. The summed E-state index contributed by atoms with van der Waals surface area (Å²) in [7, 11) is 3.05. The largest absolute Gasteiger partial charge is 0.495 e. The van der Waals surface area contributed by atoms with Gasteiger partial charge in [-0.05, 0) is 86.6 Å². The lowest BCUT2D eigenvalue weighted by molar-refractivity contribution is -0.119. The zero-order valence-electron chi connectivity index (χ0n) is 23.1. The number of nitrogens with one attached hydrogen (secondary N) is 2. The van der Waals surface area contributed by atoms with Crippen molar-refractivity contribution in [3.63, 3.8) is 0 Å². The van der Waals surface area contributed by atoms with Crippen LogP contribution < -0.4 is 20.3 Å².